The number of hydrogen-bond acceptors (Lipinski definition) is 4. The first kappa shape index (κ1) is 20.2. The van der Waals surface area contributed by atoms with E-state index in [4.69, 9.17) is 4.74 Å². The molecule has 1 aromatic rings. The summed E-state index contributed by atoms with van der Waals surface area (Å²) in [4.78, 5) is 7.84. The van der Waals surface area contributed by atoms with Gasteiger partial charge in [-0.3, -0.25) is 9.80 Å². The minimum absolute atomic E-state index is 0.299. The quantitative estimate of drug-likeness (QED) is 0.782. The third-order valence-corrected chi connectivity index (χ3v) is 7.08. The molecule has 0 atom stereocenters. The van der Waals surface area contributed by atoms with E-state index in [2.05, 4.69) is 66.7 Å². The maximum absolute atomic E-state index is 6.45. The lowest BCUT2D eigenvalue weighted by molar-refractivity contribution is -0.108. The number of hydrogen-bond donors (Lipinski definition) is 0. The van der Waals surface area contributed by atoms with Gasteiger partial charge in [-0.2, -0.15) is 0 Å². The third kappa shape index (κ3) is 4.72. The van der Waals surface area contributed by atoms with Crippen LogP contribution in [0.25, 0.3) is 0 Å². The number of aryl methyl sites for hydroxylation is 1. The molecule has 3 aliphatic rings. The summed E-state index contributed by atoms with van der Waals surface area (Å²) in [6.45, 7) is 16.2. The van der Waals surface area contributed by atoms with Crippen molar-refractivity contribution >= 4 is 5.69 Å². The zero-order valence-corrected chi connectivity index (χ0v) is 18.4. The van der Waals surface area contributed by atoms with Crippen molar-refractivity contribution in [3.8, 4) is 0 Å². The van der Waals surface area contributed by atoms with Crippen molar-refractivity contribution in [3.63, 3.8) is 0 Å². The molecule has 4 nitrogen and oxygen atoms in total. The van der Waals surface area contributed by atoms with Crippen LogP contribution < -0.4 is 4.90 Å². The Balaban J connectivity index is 1.15. The highest BCUT2D eigenvalue weighted by Gasteiger charge is 2.38. The summed E-state index contributed by atoms with van der Waals surface area (Å²) in [5, 5.41) is 0. The number of ether oxygens (including phenoxy) is 1. The molecule has 2 heterocycles. The van der Waals surface area contributed by atoms with Gasteiger partial charge in [-0.1, -0.05) is 17.7 Å². The standard InChI is InChI=1S/C24H39N3O/c1-19-5-7-20(8-6-19)25-13-15-26(16-14-25)21-17-23(18-21)28-22-9-11-27(12-10-22)24(2,3)4/h5-8,21-23H,9-18H2,1-4H3. The first-order chi connectivity index (χ1) is 13.4. The maximum atomic E-state index is 6.45. The molecule has 4 heteroatoms. The van der Waals surface area contributed by atoms with E-state index in [0.29, 0.717) is 17.7 Å². The van der Waals surface area contributed by atoms with Crippen LogP contribution in [0.1, 0.15) is 52.0 Å². The smallest absolute Gasteiger partial charge is 0.0608 e. The minimum atomic E-state index is 0.299. The molecule has 0 N–H and O–H groups in total. The van der Waals surface area contributed by atoms with Gasteiger partial charge in [-0.25, -0.2) is 0 Å². The molecule has 2 aliphatic heterocycles. The van der Waals surface area contributed by atoms with Crippen LogP contribution in [0.4, 0.5) is 5.69 Å². The van der Waals surface area contributed by atoms with Crippen molar-refractivity contribution in [3.05, 3.63) is 29.8 Å². The van der Waals surface area contributed by atoms with E-state index in [0.717, 1.165) is 19.1 Å². The number of likely N-dealkylation sites (tertiary alicyclic amines) is 1. The molecule has 3 fully saturated rings. The first-order valence-electron chi connectivity index (χ1n) is 11.3. The van der Waals surface area contributed by atoms with E-state index in [-0.39, 0.29) is 0 Å². The Hall–Kier alpha value is -1.10. The van der Waals surface area contributed by atoms with Crippen molar-refractivity contribution in [2.24, 2.45) is 0 Å². The second-order valence-corrected chi connectivity index (χ2v) is 10.1. The Bertz CT molecular complexity index is 616. The highest BCUT2D eigenvalue weighted by atomic mass is 16.5. The summed E-state index contributed by atoms with van der Waals surface area (Å²) in [7, 11) is 0. The van der Waals surface area contributed by atoms with E-state index in [1.54, 1.807) is 0 Å². The van der Waals surface area contributed by atoms with Gasteiger partial charge >= 0.3 is 0 Å². The summed E-state index contributed by atoms with van der Waals surface area (Å²) in [5.41, 5.74) is 3.02. The SMILES string of the molecule is Cc1ccc(N2CCN(C3CC(OC4CCN(C(C)(C)C)CC4)C3)CC2)cc1. The van der Waals surface area contributed by atoms with Crippen molar-refractivity contribution in [1.82, 2.24) is 9.80 Å². The molecular weight excluding hydrogens is 346 g/mol. The predicted molar refractivity (Wildman–Crippen MR) is 117 cm³/mol. The molecule has 0 bridgehead atoms. The second kappa shape index (κ2) is 8.33. The predicted octanol–water partition coefficient (Wildman–Crippen LogP) is 3.93. The molecule has 0 unspecified atom stereocenters. The summed E-state index contributed by atoms with van der Waals surface area (Å²) < 4.78 is 6.45. The average Bonchev–Trinajstić information content (AvgIpc) is 2.65. The van der Waals surface area contributed by atoms with Crippen LogP contribution in [-0.4, -0.2) is 72.9 Å². The van der Waals surface area contributed by atoms with Gasteiger partial charge in [0.2, 0.25) is 0 Å². The number of piperazine rings is 1. The van der Waals surface area contributed by atoms with Crippen LogP contribution in [0, 0.1) is 6.92 Å². The van der Waals surface area contributed by atoms with E-state index in [9.17, 15) is 0 Å². The Morgan fingerprint density at radius 3 is 2.00 bits per heavy atom. The van der Waals surface area contributed by atoms with Crippen LogP contribution in [0.15, 0.2) is 24.3 Å². The number of benzene rings is 1. The summed E-state index contributed by atoms with van der Waals surface area (Å²) in [5.74, 6) is 0. The van der Waals surface area contributed by atoms with Crippen LogP contribution in [0.2, 0.25) is 0 Å². The van der Waals surface area contributed by atoms with Crippen LogP contribution in [0.3, 0.4) is 0 Å². The van der Waals surface area contributed by atoms with Gasteiger partial charge in [0.1, 0.15) is 0 Å². The van der Waals surface area contributed by atoms with Crippen molar-refractivity contribution < 1.29 is 4.74 Å². The number of piperidine rings is 1. The lowest BCUT2D eigenvalue weighted by Crippen LogP contribution is -2.56. The molecule has 0 radical (unpaired) electrons. The number of anilines is 1. The molecule has 1 aromatic carbocycles. The number of nitrogens with zero attached hydrogens (tertiary/aromatic N) is 3. The second-order valence-electron chi connectivity index (χ2n) is 10.1. The van der Waals surface area contributed by atoms with Crippen molar-refractivity contribution in [2.75, 3.05) is 44.2 Å². The van der Waals surface area contributed by atoms with Gasteiger partial charge < -0.3 is 9.64 Å². The van der Waals surface area contributed by atoms with Gasteiger partial charge in [0.15, 0.2) is 0 Å². The Morgan fingerprint density at radius 1 is 0.821 bits per heavy atom. The topological polar surface area (TPSA) is 19.0 Å². The average molecular weight is 386 g/mol. The monoisotopic (exact) mass is 385 g/mol. The van der Waals surface area contributed by atoms with Gasteiger partial charge in [0, 0.05) is 56.5 Å². The molecule has 1 aliphatic carbocycles. The van der Waals surface area contributed by atoms with Crippen LogP contribution >= 0.6 is 0 Å². The molecule has 28 heavy (non-hydrogen) atoms. The number of rotatable bonds is 4. The molecule has 0 spiro atoms. The lowest BCUT2D eigenvalue weighted by Gasteiger charge is -2.48. The summed E-state index contributed by atoms with van der Waals surface area (Å²) >= 11 is 0. The van der Waals surface area contributed by atoms with E-state index < -0.39 is 0 Å². The highest BCUT2D eigenvalue weighted by Crippen LogP contribution is 2.32. The van der Waals surface area contributed by atoms with Crippen molar-refractivity contribution in [1.29, 1.82) is 0 Å². The zero-order chi connectivity index (χ0) is 19.7. The van der Waals surface area contributed by atoms with Gasteiger partial charge in [-0.05, 0) is 65.5 Å². The summed E-state index contributed by atoms with van der Waals surface area (Å²) in [6.07, 6.45) is 5.88. The molecule has 4 rings (SSSR count). The maximum Gasteiger partial charge on any atom is 0.0608 e. The Morgan fingerprint density at radius 2 is 1.43 bits per heavy atom. The van der Waals surface area contributed by atoms with Gasteiger partial charge in [0.25, 0.3) is 0 Å². The highest BCUT2D eigenvalue weighted by molar-refractivity contribution is 5.47. The van der Waals surface area contributed by atoms with Crippen LogP contribution in [-0.2, 0) is 4.74 Å². The molecule has 0 aromatic heterocycles. The Labute approximate surface area is 171 Å². The Kier molecular flexibility index (Phi) is 6.01. The van der Waals surface area contributed by atoms with E-state index in [1.807, 2.05) is 0 Å². The fourth-order valence-corrected chi connectivity index (χ4v) is 4.98. The molecule has 1 saturated carbocycles. The van der Waals surface area contributed by atoms with Crippen molar-refractivity contribution in [2.45, 2.75) is 77.2 Å². The summed E-state index contributed by atoms with van der Waals surface area (Å²) in [6, 6.07) is 9.73. The fraction of sp³-hybridized carbons (Fsp3) is 0.750. The minimum Gasteiger partial charge on any atom is -0.375 e. The van der Waals surface area contributed by atoms with E-state index in [1.165, 1.54) is 63.1 Å². The molecule has 156 valence electrons. The fourth-order valence-electron chi connectivity index (χ4n) is 4.98. The lowest BCUT2D eigenvalue weighted by atomic mass is 9.87. The molecule has 2 saturated heterocycles. The van der Waals surface area contributed by atoms with Gasteiger partial charge in [0.05, 0.1) is 12.2 Å². The van der Waals surface area contributed by atoms with Crippen LogP contribution in [0.5, 0.6) is 0 Å². The molecule has 0 amide bonds. The van der Waals surface area contributed by atoms with E-state index >= 15 is 0 Å². The zero-order valence-electron chi connectivity index (χ0n) is 18.4. The third-order valence-electron chi connectivity index (χ3n) is 7.08. The first-order valence-corrected chi connectivity index (χ1v) is 11.3. The normalized spacial score (nSPS) is 28.4. The largest absolute Gasteiger partial charge is 0.375 e. The van der Waals surface area contributed by atoms with Gasteiger partial charge in [-0.15, -0.1) is 0 Å². The molecular formula is C24H39N3O.